The van der Waals surface area contributed by atoms with E-state index in [0.29, 0.717) is 6.54 Å². The molecule has 74 valence electrons. The van der Waals surface area contributed by atoms with Gasteiger partial charge in [-0.15, -0.1) is 0 Å². The molecule has 1 aromatic carbocycles. The van der Waals surface area contributed by atoms with Gasteiger partial charge in [-0.1, -0.05) is 6.07 Å². The number of hydrogen-bond donors (Lipinski definition) is 1. The van der Waals surface area contributed by atoms with Gasteiger partial charge < -0.3 is 0 Å². The molecule has 0 spiro atoms. The van der Waals surface area contributed by atoms with E-state index in [1.165, 1.54) is 12.1 Å². The lowest BCUT2D eigenvalue weighted by molar-refractivity contribution is 0.286. The second-order valence-corrected chi connectivity index (χ2v) is 3.16. The zero-order chi connectivity index (χ0) is 10.6. The quantitative estimate of drug-likeness (QED) is 0.734. The summed E-state index contributed by atoms with van der Waals surface area (Å²) in [7, 11) is 3.72. The lowest BCUT2D eigenvalue weighted by atomic mass is 10.1. The van der Waals surface area contributed by atoms with Gasteiger partial charge >= 0.3 is 0 Å². The van der Waals surface area contributed by atoms with Crippen LogP contribution in [-0.2, 0) is 6.54 Å². The highest BCUT2D eigenvalue weighted by Gasteiger charge is 2.02. The fraction of sp³-hybridized carbons (Fsp3) is 0.300. The lowest BCUT2D eigenvalue weighted by Gasteiger charge is -2.11. The highest BCUT2D eigenvalue weighted by Crippen LogP contribution is 2.08. The first kappa shape index (κ1) is 10.6. The van der Waals surface area contributed by atoms with Crippen molar-refractivity contribution >= 4 is 0 Å². The van der Waals surface area contributed by atoms with Crippen molar-refractivity contribution in [2.75, 3.05) is 14.1 Å². The summed E-state index contributed by atoms with van der Waals surface area (Å²) in [6, 6.07) is 6.37. The van der Waals surface area contributed by atoms with Gasteiger partial charge in [-0.05, 0) is 17.7 Å². The lowest BCUT2D eigenvalue weighted by Crippen LogP contribution is -2.29. The summed E-state index contributed by atoms with van der Waals surface area (Å²) in [5, 5.41) is 10.3. The van der Waals surface area contributed by atoms with E-state index in [2.05, 4.69) is 5.43 Å². The average molecular weight is 193 g/mol. The van der Waals surface area contributed by atoms with Crippen LogP contribution in [0.25, 0.3) is 0 Å². The van der Waals surface area contributed by atoms with Crippen LogP contribution in [0.4, 0.5) is 4.39 Å². The summed E-state index contributed by atoms with van der Waals surface area (Å²) < 4.78 is 13.1. The van der Waals surface area contributed by atoms with Gasteiger partial charge in [-0.2, -0.15) is 5.26 Å². The number of hydrogen-bond acceptors (Lipinski definition) is 3. The van der Waals surface area contributed by atoms with Crippen molar-refractivity contribution in [2.24, 2.45) is 0 Å². The Balaban J connectivity index is 2.73. The van der Waals surface area contributed by atoms with Crippen LogP contribution in [0.15, 0.2) is 18.2 Å². The summed E-state index contributed by atoms with van der Waals surface area (Å²) in [6.45, 7) is 0.551. The SMILES string of the molecule is CN(C)NCc1ccc(C#N)c(F)c1. The van der Waals surface area contributed by atoms with Crippen molar-refractivity contribution in [1.29, 1.82) is 5.26 Å². The van der Waals surface area contributed by atoms with Crippen LogP contribution in [-0.4, -0.2) is 19.1 Å². The molecule has 0 aliphatic carbocycles. The van der Waals surface area contributed by atoms with Crippen molar-refractivity contribution < 1.29 is 4.39 Å². The van der Waals surface area contributed by atoms with Gasteiger partial charge in [0.15, 0.2) is 0 Å². The molecular weight excluding hydrogens is 181 g/mol. The van der Waals surface area contributed by atoms with Crippen molar-refractivity contribution in [3.05, 3.63) is 35.1 Å². The maximum atomic E-state index is 13.1. The van der Waals surface area contributed by atoms with Crippen LogP contribution in [0.5, 0.6) is 0 Å². The Morgan fingerprint density at radius 1 is 1.50 bits per heavy atom. The molecule has 1 N–H and O–H groups in total. The highest BCUT2D eigenvalue weighted by molar-refractivity contribution is 5.33. The molecule has 0 saturated carbocycles. The molecule has 1 rings (SSSR count). The van der Waals surface area contributed by atoms with Crippen molar-refractivity contribution in [3.63, 3.8) is 0 Å². The van der Waals surface area contributed by atoms with Crippen LogP contribution < -0.4 is 5.43 Å². The first-order valence-corrected chi connectivity index (χ1v) is 4.23. The Kier molecular flexibility index (Phi) is 3.57. The Labute approximate surface area is 82.7 Å². The molecule has 0 bridgehead atoms. The van der Waals surface area contributed by atoms with Crippen LogP contribution in [0.2, 0.25) is 0 Å². The number of nitriles is 1. The van der Waals surface area contributed by atoms with E-state index in [1.54, 1.807) is 17.1 Å². The zero-order valence-corrected chi connectivity index (χ0v) is 8.21. The zero-order valence-electron chi connectivity index (χ0n) is 8.21. The Morgan fingerprint density at radius 3 is 2.71 bits per heavy atom. The molecule has 0 aliphatic heterocycles. The summed E-state index contributed by atoms with van der Waals surface area (Å²) >= 11 is 0. The Hall–Kier alpha value is -1.44. The fourth-order valence-corrected chi connectivity index (χ4v) is 1.01. The van der Waals surface area contributed by atoms with Crippen molar-refractivity contribution in [1.82, 2.24) is 10.4 Å². The summed E-state index contributed by atoms with van der Waals surface area (Å²) in [5.41, 5.74) is 3.91. The van der Waals surface area contributed by atoms with Gasteiger partial charge in [0.05, 0.1) is 5.56 Å². The Morgan fingerprint density at radius 2 is 2.21 bits per heavy atom. The molecule has 0 atom stereocenters. The summed E-state index contributed by atoms with van der Waals surface area (Å²) in [5.74, 6) is -0.467. The second kappa shape index (κ2) is 4.70. The third-order valence-corrected chi connectivity index (χ3v) is 1.75. The minimum atomic E-state index is -0.467. The molecular formula is C10H12FN3. The first-order valence-electron chi connectivity index (χ1n) is 4.23. The van der Waals surface area contributed by atoms with E-state index in [1.807, 2.05) is 14.1 Å². The highest BCUT2D eigenvalue weighted by atomic mass is 19.1. The maximum Gasteiger partial charge on any atom is 0.141 e. The largest absolute Gasteiger partial charge is 0.251 e. The molecule has 0 unspecified atom stereocenters. The van der Waals surface area contributed by atoms with Gasteiger partial charge in [-0.25, -0.2) is 4.39 Å². The predicted octanol–water partition coefficient (Wildman–Crippen LogP) is 1.26. The van der Waals surface area contributed by atoms with Crippen LogP contribution in [0.3, 0.4) is 0 Å². The number of nitrogens with zero attached hydrogens (tertiary/aromatic N) is 2. The topological polar surface area (TPSA) is 39.1 Å². The predicted molar refractivity (Wildman–Crippen MR) is 51.6 cm³/mol. The van der Waals surface area contributed by atoms with E-state index in [0.717, 1.165) is 5.56 Å². The van der Waals surface area contributed by atoms with E-state index in [-0.39, 0.29) is 5.56 Å². The third kappa shape index (κ3) is 2.80. The number of nitrogens with one attached hydrogen (secondary N) is 1. The van der Waals surface area contributed by atoms with Crippen LogP contribution >= 0.6 is 0 Å². The standard InChI is InChI=1S/C10H12FN3/c1-14(2)13-7-8-3-4-9(6-12)10(11)5-8/h3-5,13H,7H2,1-2H3. The van der Waals surface area contributed by atoms with Gasteiger partial charge in [-0.3, -0.25) is 10.4 Å². The van der Waals surface area contributed by atoms with Gasteiger partial charge in [0.1, 0.15) is 11.9 Å². The van der Waals surface area contributed by atoms with E-state index < -0.39 is 5.82 Å². The van der Waals surface area contributed by atoms with E-state index >= 15 is 0 Å². The summed E-state index contributed by atoms with van der Waals surface area (Å²) in [6.07, 6.45) is 0. The minimum Gasteiger partial charge on any atom is -0.251 e. The molecule has 3 nitrogen and oxygen atoms in total. The molecule has 0 amide bonds. The fourth-order valence-electron chi connectivity index (χ4n) is 1.01. The van der Waals surface area contributed by atoms with Gasteiger partial charge in [0.25, 0.3) is 0 Å². The molecule has 0 heterocycles. The molecule has 1 aromatic rings. The normalized spacial score (nSPS) is 10.2. The number of benzene rings is 1. The first-order chi connectivity index (χ1) is 6.63. The van der Waals surface area contributed by atoms with Crippen LogP contribution in [0.1, 0.15) is 11.1 Å². The molecule has 4 heteroatoms. The van der Waals surface area contributed by atoms with Crippen LogP contribution in [0, 0.1) is 17.1 Å². The van der Waals surface area contributed by atoms with Gasteiger partial charge in [0.2, 0.25) is 0 Å². The number of rotatable bonds is 3. The molecule has 0 radical (unpaired) electrons. The summed E-state index contributed by atoms with van der Waals surface area (Å²) in [4.78, 5) is 0. The average Bonchev–Trinajstić information content (AvgIpc) is 2.15. The van der Waals surface area contributed by atoms with E-state index in [4.69, 9.17) is 5.26 Å². The van der Waals surface area contributed by atoms with Crippen molar-refractivity contribution in [2.45, 2.75) is 6.54 Å². The molecule has 0 fully saturated rings. The number of halogens is 1. The molecule has 0 aliphatic rings. The molecule has 0 aromatic heterocycles. The van der Waals surface area contributed by atoms with Gasteiger partial charge in [0, 0.05) is 20.6 Å². The van der Waals surface area contributed by atoms with E-state index in [9.17, 15) is 4.39 Å². The number of hydrazine groups is 1. The molecule has 0 saturated heterocycles. The second-order valence-electron chi connectivity index (χ2n) is 3.16. The molecule has 14 heavy (non-hydrogen) atoms. The van der Waals surface area contributed by atoms with Crippen molar-refractivity contribution in [3.8, 4) is 6.07 Å². The third-order valence-electron chi connectivity index (χ3n) is 1.75. The minimum absolute atomic E-state index is 0.0820. The maximum absolute atomic E-state index is 13.1. The monoisotopic (exact) mass is 193 g/mol. The smallest absolute Gasteiger partial charge is 0.141 e. The Bertz CT molecular complexity index is 355.